The predicted octanol–water partition coefficient (Wildman–Crippen LogP) is 3.88. The topological polar surface area (TPSA) is 45.5 Å². The average molecular weight is 391 g/mol. The summed E-state index contributed by atoms with van der Waals surface area (Å²) in [6.07, 6.45) is 4.59. The van der Waals surface area contributed by atoms with Crippen LogP contribution in [-0.4, -0.2) is 31.4 Å². The number of likely N-dealkylation sites (N-methyl/N-ethyl adjacent to an activating group) is 1. The van der Waals surface area contributed by atoms with Gasteiger partial charge >= 0.3 is 0 Å². The molecule has 5 heteroatoms. The van der Waals surface area contributed by atoms with Crippen molar-refractivity contribution in [1.82, 2.24) is 10.2 Å². The molecule has 0 radical (unpaired) electrons. The van der Waals surface area contributed by atoms with E-state index in [1.807, 2.05) is 38.4 Å². The van der Waals surface area contributed by atoms with E-state index in [0.717, 1.165) is 35.1 Å². The first-order chi connectivity index (χ1) is 11.5. The fourth-order valence-electron chi connectivity index (χ4n) is 3.32. The Hall–Kier alpha value is -1.59. The zero-order valence-electron chi connectivity index (χ0n) is 14.1. The Labute approximate surface area is 151 Å². The van der Waals surface area contributed by atoms with Gasteiger partial charge in [-0.05, 0) is 56.8 Å². The lowest BCUT2D eigenvalue weighted by molar-refractivity contribution is -0.130. The number of nitrogens with zero attached hydrogens (tertiary/aromatic N) is 1. The van der Waals surface area contributed by atoms with Crippen LogP contribution in [0.3, 0.4) is 0 Å². The highest BCUT2D eigenvalue weighted by Gasteiger charge is 2.45. The van der Waals surface area contributed by atoms with Crippen LogP contribution >= 0.6 is 15.9 Å². The van der Waals surface area contributed by atoms with Crippen molar-refractivity contribution in [3.05, 3.63) is 58.5 Å². The van der Waals surface area contributed by atoms with Crippen molar-refractivity contribution in [2.24, 2.45) is 0 Å². The van der Waals surface area contributed by atoms with Crippen molar-refractivity contribution in [2.75, 3.05) is 20.6 Å². The van der Waals surface area contributed by atoms with Gasteiger partial charge in [0.25, 0.3) is 0 Å². The summed E-state index contributed by atoms with van der Waals surface area (Å²) in [5.41, 5.74) is 0.731. The third kappa shape index (κ3) is 3.28. The Morgan fingerprint density at radius 3 is 2.50 bits per heavy atom. The summed E-state index contributed by atoms with van der Waals surface area (Å²) in [5.74, 6) is 0.987. The minimum atomic E-state index is -0.374. The summed E-state index contributed by atoms with van der Waals surface area (Å²) < 4.78 is 6.55. The van der Waals surface area contributed by atoms with Crippen LogP contribution in [0.15, 0.2) is 51.6 Å². The molecule has 1 unspecified atom stereocenters. The van der Waals surface area contributed by atoms with Crippen LogP contribution in [0.1, 0.15) is 36.6 Å². The largest absolute Gasteiger partial charge is 0.468 e. The second-order valence-electron chi connectivity index (χ2n) is 6.65. The Morgan fingerprint density at radius 1 is 1.29 bits per heavy atom. The molecule has 1 fully saturated rings. The Balaban J connectivity index is 1.72. The maximum Gasteiger partial charge on any atom is 0.230 e. The van der Waals surface area contributed by atoms with E-state index in [0.29, 0.717) is 6.54 Å². The first kappa shape index (κ1) is 17.2. The second kappa shape index (κ2) is 7.11. The van der Waals surface area contributed by atoms with Gasteiger partial charge in [-0.3, -0.25) is 9.69 Å². The van der Waals surface area contributed by atoms with E-state index in [9.17, 15) is 4.79 Å². The summed E-state index contributed by atoms with van der Waals surface area (Å²) in [5, 5.41) is 3.16. The third-order valence-electron chi connectivity index (χ3n) is 4.99. The SMILES string of the molecule is CN(C)C(CNC(=O)C1(c2ccc(Br)cc2)CCC1)c1ccco1. The highest BCUT2D eigenvalue weighted by atomic mass is 79.9. The molecule has 1 aliphatic rings. The van der Waals surface area contributed by atoms with Gasteiger partial charge in [0, 0.05) is 11.0 Å². The number of rotatable bonds is 6. The van der Waals surface area contributed by atoms with E-state index in [1.54, 1.807) is 6.26 Å². The van der Waals surface area contributed by atoms with Gasteiger partial charge < -0.3 is 9.73 Å². The van der Waals surface area contributed by atoms with Gasteiger partial charge in [0.2, 0.25) is 5.91 Å². The van der Waals surface area contributed by atoms with Gasteiger partial charge in [-0.15, -0.1) is 0 Å². The zero-order chi connectivity index (χ0) is 17.2. The number of hydrogen-bond donors (Lipinski definition) is 1. The lowest BCUT2D eigenvalue weighted by Crippen LogP contribution is -2.50. The number of carbonyl (C=O) groups excluding carboxylic acids is 1. The number of furan rings is 1. The number of carbonyl (C=O) groups is 1. The lowest BCUT2D eigenvalue weighted by Gasteiger charge is -2.41. The van der Waals surface area contributed by atoms with Gasteiger partial charge in [-0.25, -0.2) is 0 Å². The Kier molecular flexibility index (Phi) is 5.11. The molecule has 2 aromatic rings. The number of amides is 1. The van der Waals surface area contributed by atoms with E-state index in [-0.39, 0.29) is 17.4 Å². The first-order valence-corrected chi connectivity index (χ1v) is 9.06. The van der Waals surface area contributed by atoms with Gasteiger partial charge in [0.1, 0.15) is 5.76 Å². The molecule has 0 aliphatic heterocycles. The molecule has 1 N–H and O–H groups in total. The molecule has 1 amide bonds. The molecule has 1 aromatic carbocycles. The van der Waals surface area contributed by atoms with Gasteiger partial charge in [-0.2, -0.15) is 0 Å². The molecule has 1 aromatic heterocycles. The van der Waals surface area contributed by atoms with Crippen molar-refractivity contribution >= 4 is 21.8 Å². The van der Waals surface area contributed by atoms with Crippen molar-refractivity contribution in [3.63, 3.8) is 0 Å². The zero-order valence-corrected chi connectivity index (χ0v) is 15.7. The fraction of sp³-hybridized carbons (Fsp3) is 0.421. The van der Waals surface area contributed by atoms with Gasteiger partial charge in [0.05, 0.1) is 17.7 Å². The molecule has 1 heterocycles. The minimum absolute atomic E-state index is 0.0333. The van der Waals surface area contributed by atoms with E-state index in [1.165, 1.54) is 0 Å². The highest BCUT2D eigenvalue weighted by molar-refractivity contribution is 9.10. The fourth-order valence-corrected chi connectivity index (χ4v) is 3.59. The van der Waals surface area contributed by atoms with Crippen LogP contribution in [0, 0.1) is 0 Å². The smallest absolute Gasteiger partial charge is 0.230 e. The van der Waals surface area contributed by atoms with Crippen molar-refractivity contribution < 1.29 is 9.21 Å². The third-order valence-corrected chi connectivity index (χ3v) is 5.52. The van der Waals surface area contributed by atoms with Crippen molar-refractivity contribution in [2.45, 2.75) is 30.7 Å². The Morgan fingerprint density at radius 2 is 2.00 bits per heavy atom. The summed E-state index contributed by atoms with van der Waals surface area (Å²) in [7, 11) is 3.99. The number of halogens is 1. The number of benzene rings is 1. The molecule has 128 valence electrons. The predicted molar refractivity (Wildman–Crippen MR) is 97.8 cm³/mol. The second-order valence-corrected chi connectivity index (χ2v) is 7.56. The van der Waals surface area contributed by atoms with Gasteiger partial charge in [-0.1, -0.05) is 34.5 Å². The molecule has 4 nitrogen and oxygen atoms in total. The quantitative estimate of drug-likeness (QED) is 0.813. The molecule has 0 bridgehead atoms. The Bertz CT molecular complexity index is 676. The van der Waals surface area contributed by atoms with Crippen LogP contribution < -0.4 is 5.32 Å². The maximum absolute atomic E-state index is 13.0. The monoisotopic (exact) mass is 390 g/mol. The van der Waals surface area contributed by atoms with E-state index in [4.69, 9.17) is 4.42 Å². The van der Waals surface area contributed by atoms with E-state index >= 15 is 0 Å². The summed E-state index contributed by atoms with van der Waals surface area (Å²) >= 11 is 3.46. The van der Waals surface area contributed by atoms with Gasteiger partial charge in [0.15, 0.2) is 0 Å². The molecule has 3 rings (SSSR count). The molecule has 0 spiro atoms. The molecular formula is C19H23BrN2O2. The molecular weight excluding hydrogens is 368 g/mol. The number of hydrogen-bond acceptors (Lipinski definition) is 3. The summed E-state index contributed by atoms with van der Waals surface area (Å²) in [6.45, 7) is 0.539. The minimum Gasteiger partial charge on any atom is -0.468 e. The van der Waals surface area contributed by atoms with Crippen LogP contribution in [0.4, 0.5) is 0 Å². The maximum atomic E-state index is 13.0. The summed E-state index contributed by atoms with van der Waals surface area (Å²) in [4.78, 5) is 15.0. The van der Waals surface area contributed by atoms with Crippen LogP contribution in [0.25, 0.3) is 0 Å². The van der Waals surface area contributed by atoms with E-state index < -0.39 is 0 Å². The molecule has 0 saturated heterocycles. The molecule has 24 heavy (non-hydrogen) atoms. The van der Waals surface area contributed by atoms with Crippen molar-refractivity contribution in [3.8, 4) is 0 Å². The van der Waals surface area contributed by atoms with Crippen LogP contribution in [0.2, 0.25) is 0 Å². The van der Waals surface area contributed by atoms with Crippen LogP contribution in [0.5, 0.6) is 0 Å². The molecule has 1 atom stereocenters. The first-order valence-electron chi connectivity index (χ1n) is 8.27. The standard InChI is InChI=1S/C19H23BrN2O2/c1-22(2)16(17-5-3-12-24-17)13-21-18(23)19(10-4-11-19)14-6-8-15(20)9-7-14/h3,5-9,12,16H,4,10-11,13H2,1-2H3,(H,21,23). The molecule has 1 aliphatic carbocycles. The average Bonchev–Trinajstić information content (AvgIpc) is 3.02. The normalized spacial score (nSPS) is 17.3. The van der Waals surface area contributed by atoms with E-state index in [2.05, 4.69) is 38.3 Å². The lowest BCUT2D eigenvalue weighted by atomic mass is 9.64. The van der Waals surface area contributed by atoms with Crippen LogP contribution in [-0.2, 0) is 10.2 Å². The number of nitrogens with one attached hydrogen (secondary N) is 1. The van der Waals surface area contributed by atoms with Crippen molar-refractivity contribution in [1.29, 1.82) is 0 Å². The molecule has 1 saturated carbocycles. The highest BCUT2D eigenvalue weighted by Crippen LogP contribution is 2.44. The summed E-state index contributed by atoms with van der Waals surface area (Å²) in [6, 6.07) is 12.0.